The van der Waals surface area contributed by atoms with Gasteiger partial charge in [-0.25, -0.2) is 0 Å². The van der Waals surface area contributed by atoms with Gasteiger partial charge in [0, 0.05) is 24.4 Å². The van der Waals surface area contributed by atoms with Crippen LogP contribution in [-0.4, -0.2) is 60.1 Å². The molecule has 3 atom stereocenters. The fourth-order valence-corrected chi connectivity index (χ4v) is 8.09. The first kappa shape index (κ1) is 24.2. The summed E-state index contributed by atoms with van der Waals surface area (Å²) in [7, 11) is 0. The van der Waals surface area contributed by atoms with E-state index in [0.29, 0.717) is 24.2 Å². The first-order valence-corrected chi connectivity index (χ1v) is 14.5. The zero-order valence-corrected chi connectivity index (χ0v) is 21.7. The Morgan fingerprint density at radius 1 is 0.750 bits per heavy atom. The van der Waals surface area contributed by atoms with Gasteiger partial charge in [0.25, 0.3) is 0 Å². The topological polar surface area (TPSA) is 32.8 Å². The molecule has 2 aromatic carbocycles. The van der Waals surface area contributed by atoms with E-state index in [2.05, 4.69) is 70.5 Å². The lowest BCUT2D eigenvalue weighted by atomic mass is 9.51. The molecule has 2 bridgehead atoms. The minimum absolute atomic E-state index is 0.00770. The van der Waals surface area contributed by atoms with E-state index in [0.717, 1.165) is 26.1 Å². The zero-order chi connectivity index (χ0) is 24.4. The molecule has 36 heavy (non-hydrogen) atoms. The SMILES string of the molecule is O=C(CCN1CCCCC1)OC1CC2(N3CCCC3)CC(c3ccccc3)C1C(c1ccccc1)C2. The van der Waals surface area contributed by atoms with Crippen LogP contribution in [0.25, 0.3) is 0 Å². The number of benzene rings is 2. The minimum atomic E-state index is -0.0163. The summed E-state index contributed by atoms with van der Waals surface area (Å²) < 4.78 is 6.51. The number of ether oxygens (including phenoxy) is 1. The third-order valence-electron chi connectivity index (χ3n) is 9.74. The largest absolute Gasteiger partial charge is 0.462 e. The second-order valence-electron chi connectivity index (χ2n) is 11.8. The average molecular weight is 487 g/mol. The van der Waals surface area contributed by atoms with Gasteiger partial charge in [-0.1, -0.05) is 67.1 Å². The maximum absolute atomic E-state index is 13.3. The summed E-state index contributed by atoms with van der Waals surface area (Å²) in [6.07, 6.45) is 10.3. The minimum Gasteiger partial charge on any atom is -0.462 e. The molecule has 3 unspecified atom stereocenters. The van der Waals surface area contributed by atoms with E-state index in [1.54, 1.807) is 0 Å². The number of carbonyl (C=O) groups is 1. The number of piperidine rings is 1. The van der Waals surface area contributed by atoms with Crippen LogP contribution in [0, 0.1) is 5.92 Å². The van der Waals surface area contributed by atoms with Gasteiger partial charge in [-0.05, 0) is 87.7 Å². The van der Waals surface area contributed by atoms with Crippen molar-refractivity contribution in [3.05, 3.63) is 71.8 Å². The number of carbonyl (C=O) groups excluding carboxylic acids is 1. The van der Waals surface area contributed by atoms with E-state index >= 15 is 0 Å². The van der Waals surface area contributed by atoms with Gasteiger partial charge >= 0.3 is 5.97 Å². The van der Waals surface area contributed by atoms with E-state index in [4.69, 9.17) is 4.74 Å². The summed E-state index contributed by atoms with van der Waals surface area (Å²) in [5, 5.41) is 0. The molecule has 192 valence electrons. The van der Waals surface area contributed by atoms with Crippen LogP contribution in [0.5, 0.6) is 0 Å². The Morgan fingerprint density at radius 2 is 1.31 bits per heavy atom. The molecule has 3 aliphatic carbocycles. The molecule has 5 fully saturated rings. The Kier molecular flexibility index (Phi) is 7.17. The number of fused-ring (bicyclic) bond motifs is 3. The van der Waals surface area contributed by atoms with Crippen LogP contribution in [0.4, 0.5) is 0 Å². The van der Waals surface area contributed by atoms with Gasteiger partial charge in [0.05, 0.1) is 6.42 Å². The molecular weight excluding hydrogens is 444 g/mol. The van der Waals surface area contributed by atoms with Gasteiger partial charge in [-0.2, -0.15) is 0 Å². The van der Waals surface area contributed by atoms with Crippen molar-refractivity contribution in [2.75, 3.05) is 32.7 Å². The summed E-state index contributed by atoms with van der Waals surface area (Å²) in [5.41, 5.74) is 2.95. The number of nitrogens with zero attached hydrogens (tertiary/aromatic N) is 2. The summed E-state index contributed by atoms with van der Waals surface area (Å²) in [4.78, 5) is 18.5. The van der Waals surface area contributed by atoms with E-state index < -0.39 is 0 Å². The van der Waals surface area contributed by atoms with Crippen molar-refractivity contribution in [2.24, 2.45) is 5.92 Å². The average Bonchev–Trinajstić information content (AvgIpc) is 3.50. The van der Waals surface area contributed by atoms with E-state index in [1.807, 2.05) is 0 Å². The number of hydrogen-bond donors (Lipinski definition) is 0. The van der Waals surface area contributed by atoms with Crippen molar-refractivity contribution in [1.82, 2.24) is 9.80 Å². The lowest BCUT2D eigenvalue weighted by Gasteiger charge is -2.61. The highest BCUT2D eigenvalue weighted by Crippen LogP contribution is 2.61. The predicted molar refractivity (Wildman–Crippen MR) is 144 cm³/mol. The highest BCUT2D eigenvalue weighted by molar-refractivity contribution is 5.70. The quantitative estimate of drug-likeness (QED) is 0.450. The predicted octanol–water partition coefficient (Wildman–Crippen LogP) is 5.99. The van der Waals surface area contributed by atoms with Crippen LogP contribution in [0.1, 0.15) is 80.8 Å². The van der Waals surface area contributed by atoms with Crippen molar-refractivity contribution < 1.29 is 9.53 Å². The molecule has 4 heteroatoms. The lowest BCUT2D eigenvalue weighted by molar-refractivity contribution is -0.168. The fraction of sp³-hybridized carbons (Fsp3) is 0.594. The van der Waals surface area contributed by atoms with Crippen LogP contribution in [0.2, 0.25) is 0 Å². The van der Waals surface area contributed by atoms with Crippen molar-refractivity contribution in [3.63, 3.8) is 0 Å². The summed E-state index contributed by atoms with van der Waals surface area (Å²) in [6, 6.07) is 22.2. The van der Waals surface area contributed by atoms with Gasteiger partial charge in [0.2, 0.25) is 0 Å². The molecular formula is C32H42N2O2. The monoisotopic (exact) mass is 486 g/mol. The summed E-state index contributed by atoms with van der Waals surface area (Å²) >= 11 is 0. The maximum Gasteiger partial charge on any atom is 0.307 e. The van der Waals surface area contributed by atoms with Crippen LogP contribution in [0.15, 0.2) is 60.7 Å². The van der Waals surface area contributed by atoms with Crippen LogP contribution >= 0.6 is 0 Å². The molecule has 0 aromatic heterocycles. The van der Waals surface area contributed by atoms with Crippen LogP contribution < -0.4 is 0 Å². The van der Waals surface area contributed by atoms with Crippen molar-refractivity contribution in [3.8, 4) is 0 Å². The molecule has 3 saturated carbocycles. The highest BCUT2D eigenvalue weighted by atomic mass is 16.5. The molecule has 0 amide bonds. The number of esters is 1. The molecule has 2 saturated heterocycles. The van der Waals surface area contributed by atoms with Gasteiger partial charge in [0.15, 0.2) is 0 Å². The van der Waals surface area contributed by atoms with Crippen molar-refractivity contribution >= 4 is 5.97 Å². The van der Waals surface area contributed by atoms with E-state index in [1.165, 1.54) is 69.2 Å². The van der Waals surface area contributed by atoms with Gasteiger partial charge in [-0.3, -0.25) is 9.69 Å². The summed E-state index contributed by atoms with van der Waals surface area (Å²) in [6.45, 7) is 5.47. The van der Waals surface area contributed by atoms with Crippen molar-refractivity contribution in [1.29, 1.82) is 0 Å². The lowest BCUT2D eigenvalue weighted by Crippen LogP contribution is -2.62. The molecule has 4 nitrogen and oxygen atoms in total. The Labute approximate surface area is 217 Å². The molecule has 2 aliphatic heterocycles. The van der Waals surface area contributed by atoms with Gasteiger partial charge in [-0.15, -0.1) is 0 Å². The van der Waals surface area contributed by atoms with Crippen LogP contribution in [0.3, 0.4) is 0 Å². The number of likely N-dealkylation sites (tertiary alicyclic amines) is 2. The summed E-state index contributed by atoms with van der Waals surface area (Å²) in [5.74, 6) is 1.17. The second kappa shape index (κ2) is 10.7. The smallest absolute Gasteiger partial charge is 0.307 e. The van der Waals surface area contributed by atoms with Gasteiger partial charge in [0.1, 0.15) is 6.10 Å². The molecule has 0 N–H and O–H groups in total. The first-order chi connectivity index (χ1) is 17.7. The number of hydrogen-bond acceptors (Lipinski definition) is 4. The van der Waals surface area contributed by atoms with Gasteiger partial charge < -0.3 is 9.64 Å². The zero-order valence-electron chi connectivity index (χ0n) is 21.7. The maximum atomic E-state index is 13.3. The fourth-order valence-electron chi connectivity index (χ4n) is 8.09. The third kappa shape index (κ3) is 4.87. The Morgan fingerprint density at radius 3 is 1.89 bits per heavy atom. The molecule has 0 spiro atoms. The standard InChI is InChI=1S/C32H42N2O2/c35-30(16-21-33-17-8-3-9-18-33)36-29-24-32(34-19-10-11-20-34)22-27(25-12-4-1-5-13-25)31(29)28(23-32)26-14-6-2-7-15-26/h1-2,4-7,12-15,27-29,31H,3,8-11,16-24H2. The highest BCUT2D eigenvalue weighted by Gasteiger charge is 2.59. The second-order valence-corrected chi connectivity index (χ2v) is 11.8. The molecule has 0 radical (unpaired) electrons. The normalized spacial score (nSPS) is 33.0. The third-order valence-corrected chi connectivity index (χ3v) is 9.74. The molecule has 2 aromatic rings. The van der Waals surface area contributed by atoms with E-state index in [9.17, 15) is 4.79 Å². The Balaban J connectivity index is 1.30. The molecule has 7 rings (SSSR count). The Bertz CT molecular complexity index is 948. The first-order valence-electron chi connectivity index (χ1n) is 14.5. The van der Waals surface area contributed by atoms with Crippen LogP contribution in [-0.2, 0) is 9.53 Å². The number of rotatable bonds is 7. The molecule has 5 aliphatic rings. The van der Waals surface area contributed by atoms with Crippen molar-refractivity contribution in [2.45, 2.75) is 81.3 Å². The Hall–Kier alpha value is -2.17. The molecule has 2 heterocycles. The van der Waals surface area contributed by atoms with E-state index in [-0.39, 0.29) is 17.6 Å².